The summed E-state index contributed by atoms with van der Waals surface area (Å²) in [4.78, 5) is 0. The molecule has 74 valence electrons. The summed E-state index contributed by atoms with van der Waals surface area (Å²) in [7, 11) is 0. The zero-order valence-electron chi connectivity index (χ0n) is 7.38. The van der Waals surface area contributed by atoms with E-state index in [1.165, 1.54) is 0 Å². The molecule has 1 N–H and O–H groups in total. The van der Waals surface area contributed by atoms with Gasteiger partial charge in [-0.1, -0.05) is 35.0 Å². The predicted octanol–water partition coefficient (Wildman–Crippen LogP) is 2.12. The predicted molar refractivity (Wildman–Crippen MR) is 53.5 cm³/mol. The lowest BCUT2D eigenvalue weighted by Crippen LogP contribution is -2.34. The van der Waals surface area contributed by atoms with Crippen LogP contribution in [-0.2, 0) is 6.54 Å². The normalized spacial score (nSPS) is 9.43. The van der Waals surface area contributed by atoms with Crippen molar-refractivity contribution in [2.24, 2.45) is 0 Å². The van der Waals surface area contributed by atoms with Crippen LogP contribution in [0.3, 0.4) is 0 Å². The Labute approximate surface area is 87.7 Å². The molecule has 4 nitrogen and oxygen atoms in total. The average molecular weight is 212 g/mol. The van der Waals surface area contributed by atoms with E-state index in [1.54, 1.807) is 10.9 Å². The average Bonchev–Trinajstić information content (AvgIpc) is 2.53. The van der Waals surface area contributed by atoms with Gasteiger partial charge in [-0.3, -0.25) is 0 Å². The molecule has 0 aliphatic heterocycles. The maximum absolute atomic E-state index is 7.13. The summed E-state index contributed by atoms with van der Waals surface area (Å²) >= 11 is 0. The Morgan fingerprint density at radius 2 is 2.00 bits per heavy atom. The van der Waals surface area contributed by atoms with Gasteiger partial charge in [0.2, 0.25) is 12.7 Å². The van der Waals surface area contributed by atoms with Crippen molar-refractivity contribution in [2.45, 2.75) is 6.54 Å². The largest absolute Gasteiger partial charge is 0.660 e. The summed E-state index contributed by atoms with van der Waals surface area (Å²) < 4.78 is 6.21. The number of hydrogen-bond donors (Lipinski definition) is 0. The molecule has 14 heavy (non-hydrogen) atoms. The topological polar surface area (TPSA) is 53.7 Å². The van der Waals surface area contributed by atoms with Gasteiger partial charge in [0, 0.05) is 5.56 Å². The van der Waals surface area contributed by atoms with Gasteiger partial charge in [-0.05, 0) is 0 Å². The van der Waals surface area contributed by atoms with E-state index >= 15 is 0 Å². The van der Waals surface area contributed by atoms with E-state index in [0.717, 1.165) is 5.56 Å². The SMILES string of the molecule is Cl.[NH-]c1c[n+](Cc2ccccc2)no1. The lowest BCUT2D eigenvalue weighted by molar-refractivity contribution is -0.754. The highest BCUT2D eigenvalue weighted by Crippen LogP contribution is 2.03. The molecule has 0 saturated heterocycles. The van der Waals surface area contributed by atoms with E-state index in [9.17, 15) is 0 Å². The van der Waals surface area contributed by atoms with Crippen LogP contribution in [0.25, 0.3) is 5.73 Å². The summed E-state index contributed by atoms with van der Waals surface area (Å²) in [6, 6.07) is 9.92. The van der Waals surface area contributed by atoms with Crippen LogP contribution in [0.1, 0.15) is 5.56 Å². The first kappa shape index (κ1) is 10.5. The number of nitrogens with one attached hydrogen (secondary N) is 1. The Morgan fingerprint density at radius 1 is 1.29 bits per heavy atom. The lowest BCUT2D eigenvalue weighted by atomic mass is 10.2. The van der Waals surface area contributed by atoms with E-state index < -0.39 is 0 Å². The van der Waals surface area contributed by atoms with Crippen LogP contribution in [0.4, 0.5) is 5.88 Å². The van der Waals surface area contributed by atoms with Crippen molar-refractivity contribution in [2.75, 3.05) is 0 Å². The quantitative estimate of drug-likeness (QED) is 0.715. The van der Waals surface area contributed by atoms with Gasteiger partial charge in [0.25, 0.3) is 0 Å². The zero-order chi connectivity index (χ0) is 9.10. The van der Waals surface area contributed by atoms with Crippen LogP contribution in [-0.4, -0.2) is 5.27 Å². The van der Waals surface area contributed by atoms with Crippen molar-refractivity contribution in [3.63, 3.8) is 0 Å². The summed E-state index contributed by atoms with van der Waals surface area (Å²) in [5, 5.41) is 3.67. The molecule has 0 aliphatic rings. The van der Waals surface area contributed by atoms with Crippen LogP contribution in [0, 0.1) is 0 Å². The van der Waals surface area contributed by atoms with Gasteiger partial charge in [0.15, 0.2) is 5.27 Å². The van der Waals surface area contributed by atoms with Crippen LogP contribution in [0.5, 0.6) is 0 Å². The monoisotopic (exact) mass is 211 g/mol. The van der Waals surface area contributed by atoms with Crippen LogP contribution >= 0.6 is 12.4 Å². The van der Waals surface area contributed by atoms with Gasteiger partial charge in [0.05, 0.1) is 0 Å². The van der Waals surface area contributed by atoms with Gasteiger partial charge >= 0.3 is 0 Å². The van der Waals surface area contributed by atoms with E-state index in [0.29, 0.717) is 6.54 Å². The van der Waals surface area contributed by atoms with Crippen molar-refractivity contribution in [1.29, 1.82) is 0 Å². The highest BCUT2D eigenvalue weighted by atomic mass is 35.5. The third-order valence-electron chi connectivity index (χ3n) is 1.70. The Hall–Kier alpha value is -1.55. The standard InChI is InChI=1S/C9H9N3O.ClH/c10-9-7-12(11-13-9)6-8-4-2-1-3-5-8;/h1-5,7,10H,6H2;1H. The zero-order valence-corrected chi connectivity index (χ0v) is 8.20. The molecule has 0 radical (unpaired) electrons. The Balaban J connectivity index is 0.000000980. The summed E-state index contributed by atoms with van der Waals surface area (Å²) in [6.45, 7) is 0.642. The minimum atomic E-state index is 0. The molecule has 0 atom stereocenters. The molecule has 1 aromatic heterocycles. The Bertz CT molecular complexity index is 388. The van der Waals surface area contributed by atoms with E-state index in [-0.39, 0.29) is 18.3 Å². The summed E-state index contributed by atoms with van der Waals surface area (Å²) in [5.41, 5.74) is 8.27. The summed E-state index contributed by atoms with van der Waals surface area (Å²) in [5.74, 6) is 0.0796. The molecular weight excluding hydrogens is 202 g/mol. The highest BCUT2D eigenvalue weighted by Gasteiger charge is 2.05. The second-order valence-corrected chi connectivity index (χ2v) is 2.75. The van der Waals surface area contributed by atoms with Gasteiger partial charge in [0.1, 0.15) is 5.88 Å². The number of nitrogens with zero attached hydrogens (tertiary/aromatic N) is 2. The third kappa shape index (κ3) is 2.47. The Kier molecular flexibility index (Phi) is 3.48. The highest BCUT2D eigenvalue weighted by molar-refractivity contribution is 5.85. The molecule has 2 aromatic rings. The summed E-state index contributed by atoms with van der Waals surface area (Å²) in [6.07, 6.45) is 1.55. The minimum Gasteiger partial charge on any atom is -0.660 e. The number of aromatic nitrogens is 2. The molecular formula is C9H10ClN3O. The Morgan fingerprint density at radius 3 is 2.57 bits per heavy atom. The molecule has 1 aromatic carbocycles. The van der Waals surface area contributed by atoms with Gasteiger partial charge in [-0.2, -0.15) is 0 Å². The molecule has 0 amide bonds. The molecule has 0 unspecified atom stereocenters. The van der Waals surface area contributed by atoms with E-state index in [2.05, 4.69) is 9.79 Å². The van der Waals surface area contributed by atoms with Crippen LogP contribution < -0.4 is 4.68 Å². The van der Waals surface area contributed by atoms with Gasteiger partial charge in [-0.15, -0.1) is 12.4 Å². The number of hydrogen-bond acceptors (Lipinski definition) is 2. The number of halogens is 1. The fraction of sp³-hybridized carbons (Fsp3) is 0.111. The smallest absolute Gasteiger partial charge is 0.222 e. The maximum atomic E-state index is 7.13. The van der Waals surface area contributed by atoms with Crippen LogP contribution in [0.2, 0.25) is 0 Å². The number of rotatable bonds is 2. The fourth-order valence-electron chi connectivity index (χ4n) is 1.12. The molecule has 0 bridgehead atoms. The van der Waals surface area contributed by atoms with E-state index in [4.69, 9.17) is 5.73 Å². The van der Waals surface area contributed by atoms with Crippen molar-refractivity contribution in [1.82, 2.24) is 5.27 Å². The maximum Gasteiger partial charge on any atom is 0.222 e. The first-order valence-electron chi connectivity index (χ1n) is 3.96. The third-order valence-corrected chi connectivity index (χ3v) is 1.70. The van der Waals surface area contributed by atoms with Crippen molar-refractivity contribution in [3.8, 4) is 0 Å². The molecule has 5 heteroatoms. The van der Waals surface area contributed by atoms with Crippen molar-refractivity contribution >= 4 is 18.3 Å². The van der Waals surface area contributed by atoms with Gasteiger partial charge in [-0.25, -0.2) is 0 Å². The fourth-order valence-corrected chi connectivity index (χ4v) is 1.12. The molecule has 0 aliphatic carbocycles. The van der Waals surface area contributed by atoms with Crippen molar-refractivity contribution < 1.29 is 9.20 Å². The van der Waals surface area contributed by atoms with E-state index in [1.807, 2.05) is 30.3 Å². The first-order valence-corrected chi connectivity index (χ1v) is 3.96. The molecule has 0 fully saturated rings. The lowest BCUT2D eigenvalue weighted by Gasteiger charge is -1.89. The van der Waals surface area contributed by atoms with Crippen molar-refractivity contribution in [3.05, 3.63) is 47.8 Å². The first-order chi connectivity index (χ1) is 6.34. The molecule has 0 saturated carbocycles. The minimum absolute atomic E-state index is 0. The number of benzene rings is 1. The van der Waals surface area contributed by atoms with Crippen LogP contribution in [0.15, 0.2) is 41.1 Å². The van der Waals surface area contributed by atoms with Gasteiger partial charge < -0.3 is 10.3 Å². The molecule has 2 rings (SSSR count). The second kappa shape index (κ2) is 4.62. The molecule has 1 heterocycles. The second-order valence-electron chi connectivity index (χ2n) is 2.75. The molecule has 0 spiro atoms.